The summed E-state index contributed by atoms with van der Waals surface area (Å²) in [5.74, 6) is -0.0433. The van der Waals surface area contributed by atoms with Crippen molar-refractivity contribution in [2.24, 2.45) is 0 Å². The van der Waals surface area contributed by atoms with Gasteiger partial charge in [-0.25, -0.2) is 4.79 Å². The maximum absolute atomic E-state index is 11.7. The van der Waals surface area contributed by atoms with Crippen LogP contribution in [0.5, 0.6) is 5.75 Å². The number of aliphatic hydroxyl groups is 1. The third-order valence-corrected chi connectivity index (χ3v) is 4.13. The average Bonchev–Trinajstić information content (AvgIpc) is 2.69. The highest BCUT2D eigenvalue weighted by molar-refractivity contribution is 5.92. The van der Waals surface area contributed by atoms with Crippen molar-refractivity contribution in [2.75, 3.05) is 20.3 Å². The summed E-state index contributed by atoms with van der Waals surface area (Å²) in [4.78, 5) is 11.7. The van der Waals surface area contributed by atoms with Crippen molar-refractivity contribution >= 4 is 18.4 Å². The molecule has 148 valence electrons. The molecule has 27 heavy (non-hydrogen) atoms. The number of carbonyl (C=O) groups is 1. The molecule has 0 saturated heterocycles. The van der Waals surface area contributed by atoms with Gasteiger partial charge in [-0.3, -0.25) is 0 Å². The molecule has 0 spiro atoms. The fourth-order valence-corrected chi connectivity index (χ4v) is 2.58. The number of aryl methyl sites for hydroxylation is 1. The molecule has 2 N–H and O–H groups in total. The Kier molecular flexibility index (Phi) is 10.5. The Labute approximate surface area is 167 Å². The highest BCUT2D eigenvalue weighted by Gasteiger charge is 2.14. The lowest BCUT2D eigenvalue weighted by atomic mass is 10.1. The van der Waals surface area contributed by atoms with Crippen LogP contribution in [0.25, 0.3) is 0 Å². The topological polar surface area (TPSA) is 67.8 Å². The summed E-state index contributed by atoms with van der Waals surface area (Å²) in [6, 6.07) is 17.5. The molecule has 0 amide bonds. The van der Waals surface area contributed by atoms with Crippen LogP contribution in [0, 0.1) is 0 Å². The van der Waals surface area contributed by atoms with Gasteiger partial charge in [0.05, 0.1) is 7.11 Å². The smallest absolute Gasteiger partial charge is 0.341 e. The van der Waals surface area contributed by atoms with Gasteiger partial charge in [-0.2, -0.15) is 0 Å². The van der Waals surface area contributed by atoms with Gasteiger partial charge in [-0.1, -0.05) is 42.5 Å². The van der Waals surface area contributed by atoms with Crippen molar-refractivity contribution in [3.63, 3.8) is 0 Å². The highest BCUT2D eigenvalue weighted by atomic mass is 35.5. The van der Waals surface area contributed by atoms with E-state index in [1.807, 2.05) is 18.2 Å². The van der Waals surface area contributed by atoms with Crippen molar-refractivity contribution in [3.05, 3.63) is 65.7 Å². The largest absolute Gasteiger partial charge is 0.490 e. The van der Waals surface area contributed by atoms with Crippen LogP contribution in [0.15, 0.2) is 54.6 Å². The first-order valence-electron chi connectivity index (χ1n) is 8.85. The summed E-state index contributed by atoms with van der Waals surface area (Å²) >= 11 is 0. The molecule has 0 aliphatic rings. The number of hydrogen-bond acceptors (Lipinski definition) is 5. The number of ether oxygens (including phenoxy) is 2. The first-order chi connectivity index (χ1) is 12.6. The van der Waals surface area contributed by atoms with E-state index in [1.165, 1.54) is 12.7 Å². The summed E-state index contributed by atoms with van der Waals surface area (Å²) < 4.78 is 10.3. The summed E-state index contributed by atoms with van der Waals surface area (Å²) in [6.45, 7) is 2.63. The maximum Gasteiger partial charge on any atom is 0.341 e. The Hall–Kier alpha value is -2.08. The molecule has 2 aromatic carbocycles. The molecule has 0 bridgehead atoms. The number of rotatable bonds is 10. The molecule has 0 aliphatic carbocycles. The van der Waals surface area contributed by atoms with E-state index in [1.54, 1.807) is 24.3 Å². The van der Waals surface area contributed by atoms with Gasteiger partial charge in [-0.15, -0.1) is 12.4 Å². The van der Waals surface area contributed by atoms with Gasteiger partial charge in [-0.05, 0) is 37.5 Å². The van der Waals surface area contributed by atoms with Gasteiger partial charge in [0.25, 0.3) is 0 Å². The molecule has 0 saturated carbocycles. The molecule has 6 heteroatoms. The van der Waals surface area contributed by atoms with E-state index in [-0.39, 0.29) is 25.1 Å². The Morgan fingerprint density at radius 3 is 2.48 bits per heavy atom. The lowest BCUT2D eigenvalue weighted by Gasteiger charge is -2.18. The van der Waals surface area contributed by atoms with E-state index in [2.05, 4.69) is 24.4 Å². The number of esters is 1. The molecular formula is C21H28ClNO4. The van der Waals surface area contributed by atoms with E-state index >= 15 is 0 Å². The van der Waals surface area contributed by atoms with Crippen LogP contribution < -0.4 is 10.1 Å². The van der Waals surface area contributed by atoms with E-state index < -0.39 is 12.1 Å². The highest BCUT2D eigenvalue weighted by Crippen LogP contribution is 2.18. The van der Waals surface area contributed by atoms with Crippen LogP contribution in [0.4, 0.5) is 0 Å². The van der Waals surface area contributed by atoms with Gasteiger partial charge in [0, 0.05) is 12.6 Å². The summed E-state index contributed by atoms with van der Waals surface area (Å²) in [5.41, 5.74) is 1.66. The molecule has 2 atom stereocenters. The summed E-state index contributed by atoms with van der Waals surface area (Å²) in [5, 5.41) is 13.4. The standard InChI is InChI=1S/C21H27NO4.ClH/c1-16(12-13-17-8-4-3-5-9-17)22-14-18(23)15-26-20-11-7-6-10-19(20)21(24)25-2;/h3-11,16,18,22-23H,12-15H2,1-2H3;1H. The monoisotopic (exact) mass is 393 g/mol. The second-order valence-electron chi connectivity index (χ2n) is 6.29. The minimum absolute atomic E-state index is 0. The molecule has 0 fully saturated rings. The number of nitrogens with one attached hydrogen (secondary N) is 1. The Morgan fingerprint density at radius 2 is 1.78 bits per heavy atom. The number of hydrogen-bond donors (Lipinski definition) is 2. The van der Waals surface area contributed by atoms with Crippen LogP contribution >= 0.6 is 12.4 Å². The SMILES string of the molecule is COC(=O)c1ccccc1OCC(O)CNC(C)CCc1ccccc1.Cl. The molecule has 0 radical (unpaired) electrons. The molecule has 2 rings (SSSR count). The number of halogens is 1. The first kappa shape index (κ1) is 23.0. The van der Waals surface area contributed by atoms with Crippen LogP contribution in [-0.2, 0) is 11.2 Å². The number of aliphatic hydroxyl groups excluding tert-OH is 1. The van der Waals surface area contributed by atoms with Crippen LogP contribution in [0.2, 0.25) is 0 Å². The van der Waals surface area contributed by atoms with Crippen LogP contribution in [0.3, 0.4) is 0 Å². The van der Waals surface area contributed by atoms with Gasteiger partial charge in [0.15, 0.2) is 0 Å². The van der Waals surface area contributed by atoms with Crippen molar-refractivity contribution in [1.29, 1.82) is 0 Å². The van der Waals surface area contributed by atoms with Crippen molar-refractivity contribution < 1.29 is 19.4 Å². The number of benzene rings is 2. The summed E-state index contributed by atoms with van der Waals surface area (Å²) in [6.07, 6.45) is 1.32. The third-order valence-electron chi connectivity index (χ3n) is 4.13. The fourth-order valence-electron chi connectivity index (χ4n) is 2.58. The van der Waals surface area contributed by atoms with Gasteiger partial charge in [0.1, 0.15) is 24.0 Å². The Bertz CT molecular complexity index is 681. The average molecular weight is 394 g/mol. The molecule has 2 aromatic rings. The summed E-state index contributed by atoms with van der Waals surface area (Å²) in [7, 11) is 1.33. The van der Waals surface area contributed by atoms with Gasteiger partial charge >= 0.3 is 5.97 Å². The van der Waals surface area contributed by atoms with Gasteiger partial charge < -0.3 is 19.9 Å². The zero-order valence-electron chi connectivity index (χ0n) is 15.8. The molecule has 0 heterocycles. The molecule has 0 aliphatic heterocycles. The predicted octanol–water partition coefficient (Wildman–Crippen LogP) is 3.25. The molecule has 0 aromatic heterocycles. The lowest BCUT2D eigenvalue weighted by Crippen LogP contribution is -2.36. The maximum atomic E-state index is 11.7. The molecular weight excluding hydrogens is 366 g/mol. The Morgan fingerprint density at radius 1 is 1.11 bits per heavy atom. The number of carbonyl (C=O) groups excluding carboxylic acids is 1. The zero-order valence-corrected chi connectivity index (χ0v) is 16.6. The quantitative estimate of drug-likeness (QED) is 0.606. The van der Waals surface area contributed by atoms with Crippen molar-refractivity contribution in [3.8, 4) is 5.75 Å². The first-order valence-corrected chi connectivity index (χ1v) is 8.85. The number of methoxy groups -OCH3 is 1. The second-order valence-corrected chi connectivity index (χ2v) is 6.29. The second kappa shape index (κ2) is 12.3. The minimum atomic E-state index is -0.667. The van der Waals surface area contributed by atoms with Crippen molar-refractivity contribution in [2.45, 2.75) is 31.9 Å². The van der Waals surface area contributed by atoms with E-state index in [0.717, 1.165) is 12.8 Å². The van der Waals surface area contributed by atoms with Gasteiger partial charge in [0.2, 0.25) is 0 Å². The van der Waals surface area contributed by atoms with E-state index in [9.17, 15) is 9.90 Å². The zero-order chi connectivity index (χ0) is 18.8. The Balaban J connectivity index is 0.00000364. The third kappa shape index (κ3) is 7.99. The van der Waals surface area contributed by atoms with Crippen molar-refractivity contribution in [1.82, 2.24) is 5.32 Å². The van der Waals surface area contributed by atoms with E-state index in [4.69, 9.17) is 9.47 Å². The van der Waals surface area contributed by atoms with E-state index in [0.29, 0.717) is 17.9 Å². The molecule has 2 unspecified atom stereocenters. The normalized spacial score (nSPS) is 12.6. The number of para-hydroxylation sites is 1. The lowest BCUT2D eigenvalue weighted by molar-refractivity contribution is 0.0588. The fraction of sp³-hybridized carbons (Fsp3) is 0.381. The van der Waals surface area contributed by atoms with Crippen LogP contribution in [-0.4, -0.2) is 43.5 Å². The minimum Gasteiger partial charge on any atom is -0.490 e. The molecule has 5 nitrogen and oxygen atoms in total. The van der Waals surface area contributed by atoms with Crippen LogP contribution in [0.1, 0.15) is 29.3 Å². The predicted molar refractivity (Wildman–Crippen MR) is 109 cm³/mol.